The smallest absolute Gasteiger partial charge is 0.273 e. The minimum atomic E-state index is -0.465. The molecule has 0 unspecified atom stereocenters. The third-order valence-corrected chi connectivity index (χ3v) is 3.65. The monoisotopic (exact) mass is 290 g/mol. The summed E-state index contributed by atoms with van der Waals surface area (Å²) in [6, 6.07) is 4.40. The first-order chi connectivity index (χ1) is 10.0. The van der Waals surface area contributed by atoms with E-state index in [1.807, 2.05) is 19.1 Å². The van der Waals surface area contributed by atoms with Gasteiger partial charge in [0, 0.05) is 35.8 Å². The molecular weight excluding hydrogens is 272 g/mol. The molecule has 1 aliphatic rings. The number of nitro benzene ring substituents is 1. The summed E-state index contributed by atoms with van der Waals surface area (Å²) >= 11 is 0. The number of hydrogen-bond acceptors (Lipinski definition) is 4. The van der Waals surface area contributed by atoms with E-state index >= 15 is 0 Å². The number of aliphatic hydroxyl groups is 1. The number of aliphatic hydroxyl groups excluding tert-OH is 1. The number of benzene rings is 1. The highest BCUT2D eigenvalue weighted by atomic mass is 16.6. The van der Waals surface area contributed by atoms with Crippen molar-refractivity contribution >= 4 is 11.6 Å². The van der Waals surface area contributed by atoms with Crippen LogP contribution in [0.4, 0.5) is 5.69 Å². The molecule has 1 aromatic carbocycles. The highest BCUT2D eigenvalue weighted by Gasteiger charge is 2.22. The van der Waals surface area contributed by atoms with Gasteiger partial charge in [0.1, 0.15) is 0 Å². The molecule has 6 heteroatoms. The van der Waals surface area contributed by atoms with E-state index in [9.17, 15) is 14.9 Å². The molecule has 1 amide bonds. The number of nitrogens with zero attached hydrogens (tertiary/aromatic N) is 1. The van der Waals surface area contributed by atoms with Gasteiger partial charge in [-0.2, -0.15) is 0 Å². The molecule has 1 aromatic rings. The van der Waals surface area contributed by atoms with Crippen molar-refractivity contribution in [2.24, 2.45) is 5.92 Å². The van der Waals surface area contributed by atoms with E-state index in [4.69, 9.17) is 5.11 Å². The van der Waals surface area contributed by atoms with Crippen LogP contribution in [0.2, 0.25) is 0 Å². The van der Waals surface area contributed by atoms with Gasteiger partial charge < -0.3 is 10.4 Å². The summed E-state index contributed by atoms with van der Waals surface area (Å²) < 4.78 is 0. The zero-order valence-electron chi connectivity index (χ0n) is 11.8. The van der Waals surface area contributed by atoms with Gasteiger partial charge in [-0.25, -0.2) is 0 Å². The molecule has 0 saturated heterocycles. The molecule has 0 aliphatic heterocycles. The molecule has 2 rings (SSSR count). The Morgan fingerprint density at radius 3 is 2.81 bits per heavy atom. The maximum Gasteiger partial charge on any atom is 0.273 e. The molecule has 6 nitrogen and oxygen atoms in total. The molecule has 2 N–H and O–H groups in total. The molecule has 0 spiro atoms. The van der Waals surface area contributed by atoms with E-state index in [1.54, 1.807) is 12.1 Å². The number of amides is 1. The second-order valence-electron chi connectivity index (χ2n) is 5.10. The van der Waals surface area contributed by atoms with Crippen LogP contribution in [0.5, 0.6) is 0 Å². The van der Waals surface area contributed by atoms with Gasteiger partial charge in [-0.05, 0) is 18.9 Å². The average molecular weight is 290 g/mol. The molecule has 21 heavy (non-hydrogen) atoms. The van der Waals surface area contributed by atoms with Gasteiger partial charge in [-0.1, -0.05) is 25.1 Å². The van der Waals surface area contributed by atoms with Crippen LogP contribution in [0, 0.1) is 16.0 Å². The van der Waals surface area contributed by atoms with Gasteiger partial charge in [0.15, 0.2) is 0 Å². The second-order valence-corrected chi connectivity index (χ2v) is 5.10. The lowest BCUT2D eigenvalue weighted by molar-refractivity contribution is -0.385. The molecule has 112 valence electrons. The highest BCUT2D eigenvalue weighted by molar-refractivity contribution is 5.95. The Kier molecular flexibility index (Phi) is 4.70. The molecule has 2 atom stereocenters. The lowest BCUT2D eigenvalue weighted by Crippen LogP contribution is -2.32. The van der Waals surface area contributed by atoms with E-state index in [0.29, 0.717) is 18.4 Å². The third-order valence-electron chi connectivity index (χ3n) is 3.65. The van der Waals surface area contributed by atoms with Crippen molar-refractivity contribution in [1.29, 1.82) is 0 Å². The van der Waals surface area contributed by atoms with Crippen LogP contribution < -0.4 is 5.32 Å². The summed E-state index contributed by atoms with van der Waals surface area (Å²) in [6.45, 7) is 1.89. The quantitative estimate of drug-likeness (QED) is 0.491. The van der Waals surface area contributed by atoms with Gasteiger partial charge >= 0.3 is 0 Å². The van der Waals surface area contributed by atoms with Crippen molar-refractivity contribution in [2.75, 3.05) is 6.61 Å². The van der Waals surface area contributed by atoms with Crippen LogP contribution >= 0.6 is 0 Å². The Morgan fingerprint density at radius 1 is 1.48 bits per heavy atom. The minimum Gasteiger partial charge on any atom is -0.396 e. The highest BCUT2D eigenvalue weighted by Crippen LogP contribution is 2.22. The Bertz CT molecular complexity index is 583. The Hall–Kier alpha value is -2.21. The summed E-state index contributed by atoms with van der Waals surface area (Å²) in [5.74, 6) is -0.277. The van der Waals surface area contributed by atoms with E-state index in [2.05, 4.69) is 5.32 Å². The summed E-state index contributed by atoms with van der Waals surface area (Å²) in [4.78, 5) is 22.7. The number of carbonyl (C=O) groups excluding carboxylic acids is 1. The predicted molar refractivity (Wildman–Crippen MR) is 78.1 cm³/mol. The van der Waals surface area contributed by atoms with Crippen LogP contribution in [-0.2, 0) is 6.42 Å². The van der Waals surface area contributed by atoms with Crippen molar-refractivity contribution in [3.05, 3.63) is 51.6 Å². The van der Waals surface area contributed by atoms with Crippen LogP contribution in [-0.4, -0.2) is 28.6 Å². The maximum atomic E-state index is 12.1. The first-order valence-corrected chi connectivity index (χ1v) is 6.92. The Balaban J connectivity index is 2.11. The number of nitro groups is 1. The Morgan fingerprint density at radius 2 is 2.24 bits per heavy atom. The first-order valence-electron chi connectivity index (χ1n) is 6.92. The van der Waals surface area contributed by atoms with Crippen LogP contribution in [0.1, 0.15) is 29.3 Å². The van der Waals surface area contributed by atoms with Gasteiger partial charge in [0.25, 0.3) is 11.6 Å². The normalized spacial score (nSPS) is 20.5. The van der Waals surface area contributed by atoms with E-state index < -0.39 is 4.92 Å². The fraction of sp³-hybridized carbons (Fsp3) is 0.400. The fourth-order valence-electron chi connectivity index (χ4n) is 2.44. The zero-order chi connectivity index (χ0) is 15.4. The summed E-state index contributed by atoms with van der Waals surface area (Å²) in [6.07, 6.45) is 4.90. The van der Waals surface area contributed by atoms with Crippen LogP contribution in [0.15, 0.2) is 30.4 Å². The molecule has 0 bridgehead atoms. The zero-order valence-corrected chi connectivity index (χ0v) is 11.8. The number of nitrogens with one attached hydrogen (secondary N) is 1. The number of hydrogen-bond donors (Lipinski definition) is 2. The SMILES string of the molecule is CCc1ccc(C(=O)N[C@@H]2C=C[C@H](CO)C2)cc1[N+](=O)[O-]. The lowest BCUT2D eigenvalue weighted by atomic mass is 10.1. The summed E-state index contributed by atoms with van der Waals surface area (Å²) in [5.41, 5.74) is 0.859. The number of rotatable bonds is 5. The number of carbonyl (C=O) groups is 1. The summed E-state index contributed by atoms with van der Waals surface area (Å²) in [5, 5.41) is 22.9. The van der Waals surface area contributed by atoms with Gasteiger partial charge in [-0.15, -0.1) is 0 Å². The topological polar surface area (TPSA) is 92.5 Å². The van der Waals surface area contributed by atoms with Crippen molar-refractivity contribution < 1.29 is 14.8 Å². The predicted octanol–water partition coefficient (Wildman–Crippen LogP) is 1.82. The molecular formula is C15H18N2O4. The molecule has 0 saturated carbocycles. The van der Waals surface area contributed by atoms with E-state index in [-0.39, 0.29) is 35.7 Å². The molecule has 0 heterocycles. The minimum absolute atomic E-state index is 0.0275. The average Bonchev–Trinajstić information content (AvgIpc) is 2.94. The standard InChI is InChI=1S/C15H18N2O4/c1-2-11-4-5-12(8-14(11)17(20)21)15(19)16-13-6-3-10(7-13)9-18/h3-6,8,10,13,18H,2,7,9H2,1H3,(H,16,19)/t10-,13+/m0/s1. The van der Waals surface area contributed by atoms with Crippen molar-refractivity contribution in [1.82, 2.24) is 5.32 Å². The largest absolute Gasteiger partial charge is 0.396 e. The molecule has 0 radical (unpaired) electrons. The fourth-order valence-corrected chi connectivity index (χ4v) is 2.44. The second kappa shape index (κ2) is 6.49. The first kappa shape index (κ1) is 15.2. The maximum absolute atomic E-state index is 12.1. The van der Waals surface area contributed by atoms with Crippen LogP contribution in [0.3, 0.4) is 0 Å². The van der Waals surface area contributed by atoms with Gasteiger partial charge in [0.05, 0.1) is 4.92 Å². The van der Waals surface area contributed by atoms with Crippen molar-refractivity contribution in [3.8, 4) is 0 Å². The van der Waals surface area contributed by atoms with Crippen molar-refractivity contribution in [2.45, 2.75) is 25.8 Å². The van der Waals surface area contributed by atoms with Gasteiger partial charge in [0.2, 0.25) is 0 Å². The number of aryl methyl sites for hydroxylation is 1. The lowest BCUT2D eigenvalue weighted by Gasteiger charge is -2.13. The van der Waals surface area contributed by atoms with Crippen molar-refractivity contribution in [3.63, 3.8) is 0 Å². The third kappa shape index (κ3) is 3.46. The van der Waals surface area contributed by atoms with E-state index in [1.165, 1.54) is 6.07 Å². The molecule has 1 aliphatic carbocycles. The van der Waals surface area contributed by atoms with Gasteiger partial charge in [-0.3, -0.25) is 14.9 Å². The Labute approximate surface area is 122 Å². The summed E-state index contributed by atoms with van der Waals surface area (Å²) in [7, 11) is 0. The molecule has 0 fully saturated rings. The van der Waals surface area contributed by atoms with Crippen LogP contribution in [0.25, 0.3) is 0 Å². The molecule has 0 aromatic heterocycles. The van der Waals surface area contributed by atoms with E-state index in [0.717, 1.165) is 0 Å².